The van der Waals surface area contributed by atoms with Crippen LogP contribution in [0.4, 0.5) is 0 Å². The third-order valence-electron chi connectivity index (χ3n) is 1.91. The van der Waals surface area contributed by atoms with E-state index in [0.717, 1.165) is 19.7 Å². The summed E-state index contributed by atoms with van der Waals surface area (Å²) in [6.45, 7) is 3.19. The van der Waals surface area contributed by atoms with Crippen LogP contribution in [0.3, 0.4) is 0 Å². The van der Waals surface area contributed by atoms with Gasteiger partial charge in [-0.3, -0.25) is 4.79 Å². The van der Waals surface area contributed by atoms with E-state index in [4.69, 9.17) is 9.47 Å². The molecule has 4 nitrogen and oxygen atoms in total. The number of ether oxygens (including phenoxy) is 2. The highest BCUT2D eigenvalue weighted by atomic mass is 16.6. The van der Waals surface area contributed by atoms with Gasteiger partial charge in [0.2, 0.25) is 5.91 Å². The van der Waals surface area contributed by atoms with Gasteiger partial charge in [0.1, 0.15) is 6.61 Å². The lowest BCUT2D eigenvalue weighted by Crippen LogP contribution is -2.43. The second kappa shape index (κ2) is 2.79. The quantitative estimate of drug-likeness (QED) is 0.495. The van der Waals surface area contributed by atoms with Gasteiger partial charge in [-0.05, 0) is 0 Å². The number of morpholine rings is 1. The molecule has 2 aliphatic heterocycles. The summed E-state index contributed by atoms with van der Waals surface area (Å²) in [5.41, 5.74) is 0. The second-order valence-electron chi connectivity index (χ2n) is 2.85. The van der Waals surface area contributed by atoms with Crippen molar-refractivity contribution in [1.82, 2.24) is 4.90 Å². The molecule has 2 heterocycles. The van der Waals surface area contributed by atoms with Crippen molar-refractivity contribution in [3.8, 4) is 0 Å². The van der Waals surface area contributed by atoms with Crippen LogP contribution in [-0.2, 0) is 14.3 Å². The number of hydrogen-bond acceptors (Lipinski definition) is 3. The molecular weight excluding hydrogens is 146 g/mol. The molecule has 4 heteroatoms. The van der Waals surface area contributed by atoms with Crippen molar-refractivity contribution in [3.05, 3.63) is 0 Å². The van der Waals surface area contributed by atoms with Crippen LogP contribution in [0.1, 0.15) is 0 Å². The topological polar surface area (TPSA) is 42.1 Å². The lowest BCUT2D eigenvalue weighted by molar-refractivity contribution is -0.142. The Hall–Kier alpha value is -0.610. The van der Waals surface area contributed by atoms with E-state index in [-0.39, 0.29) is 12.5 Å². The minimum atomic E-state index is 0.0896. The fraction of sp³-hybridized carbons (Fsp3) is 0.857. The van der Waals surface area contributed by atoms with Crippen LogP contribution in [0.5, 0.6) is 0 Å². The molecule has 0 N–H and O–H groups in total. The first-order valence-corrected chi connectivity index (χ1v) is 3.83. The predicted octanol–water partition coefficient (Wildman–Crippen LogP) is -0.756. The monoisotopic (exact) mass is 157 g/mol. The van der Waals surface area contributed by atoms with E-state index in [1.54, 1.807) is 4.90 Å². The lowest BCUT2D eigenvalue weighted by atomic mass is 10.3. The summed E-state index contributed by atoms with van der Waals surface area (Å²) in [6.07, 6.45) is 0.303. The standard InChI is InChI=1S/C7H11NO3/c9-7-5-10-2-1-8(7)3-6-4-11-6/h6H,1-5H2. The Bertz CT molecular complexity index is 167. The van der Waals surface area contributed by atoms with Crippen molar-refractivity contribution in [1.29, 1.82) is 0 Å². The lowest BCUT2D eigenvalue weighted by Gasteiger charge is -2.25. The van der Waals surface area contributed by atoms with Gasteiger partial charge in [-0.15, -0.1) is 0 Å². The summed E-state index contributed by atoms with van der Waals surface area (Å²) in [5, 5.41) is 0. The second-order valence-corrected chi connectivity index (χ2v) is 2.85. The highest BCUT2D eigenvalue weighted by Gasteiger charge is 2.29. The van der Waals surface area contributed by atoms with Crippen molar-refractivity contribution in [2.75, 3.05) is 32.9 Å². The molecule has 1 unspecified atom stereocenters. The Morgan fingerprint density at radius 2 is 2.45 bits per heavy atom. The third kappa shape index (κ3) is 1.70. The number of carbonyl (C=O) groups is 1. The zero-order valence-corrected chi connectivity index (χ0v) is 6.28. The van der Waals surface area contributed by atoms with Crippen LogP contribution >= 0.6 is 0 Å². The molecule has 0 bridgehead atoms. The number of amides is 1. The van der Waals surface area contributed by atoms with E-state index in [1.807, 2.05) is 0 Å². The predicted molar refractivity (Wildman–Crippen MR) is 37.1 cm³/mol. The first-order valence-electron chi connectivity index (χ1n) is 3.83. The van der Waals surface area contributed by atoms with Gasteiger partial charge in [-0.25, -0.2) is 0 Å². The van der Waals surface area contributed by atoms with E-state index in [9.17, 15) is 4.79 Å². The minimum absolute atomic E-state index is 0.0896. The molecule has 0 spiro atoms. The highest BCUT2D eigenvalue weighted by Crippen LogP contribution is 2.12. The number of hydrogen-bond donors (Lipinski definition) is 0. The zero-order valence-electron chi connectivity index (χ0n) is 6.28. The minimum Gasteiger partial charge on any atom is -0.371 e. The van der Waals surface area contributed by atoms with E-state index in [0.29, 0.717) is 12.7 Å². The molecule has 11 heavy (non-hydrogen) atoms. The van der Waals surface area contributed by atoms with Gasteiger partial charge >= 0.3 is 0 Å². The summed E-state index contributed by atoms with van der Waals surface area (Å²) in [5.74, 6) is 0.0896. The molecule has 0 saturated carbocycles. The maximum Gasteiger partial charge on any atom is 0.248 e. The molecule has 1 amide bonds. The molecule has 1 atom stereocenters. The van der Waals surface area contributed by atoms with Crippen molar-refractivity contribution >= 4 is 5.91 Å². The van der Waals surface area contributed by atoms with Crippen molar-refractivity contribution in [2.45, 2.75) is 6.10 Å². The molecule has 0 aromatic rings. The van der Waals surface area contributed by atoms with Crippen LogP contribution in [0, 0.1) is 0 Å². The average Bonchev–Trinajstić information content (AvgIpc) is 2.78. The maximum atomic E-state index is 11.1. The third-order valence-corrected chi connectivity index (χ3v) is 1.91. The highest BCUT2D eigenvalue weighted by molar-refractivity contribution is 5.78. The first-order chi connectivity index (χ1) is 5.36. The van der Waals surface area contributed by atoms with Crippen molar-refractivity contribution < 1.29 is 14.3 Å². The summed E-state index contributed by atoms with van der Waals surface area (Å²) < 4.78 is 10.0. The van der Waals surface area contributed by atoms with E-state index < -0.39 is 0 Å². The fourth-order valence-corrected chi connectivity index (χ4v) is 1.16. The van der Waals surface area contributed by atoms with Gasteiger partial charge in [0, 0.05) is 13.1 Å². The molecule has 0 aliphatic carbocycles. The van der Waals surface area contributed by atoms with Gasteiger partial charge in [-0.2, -0.15) is 0 Å². The Morgan fingerprint density at radius 1 is 1.64 bits per heavy atom. The fourth-order valence-electron chi connectivity index (χ4n) is 1.16. The summed E-state index contributed by atoms with van der Waals surface area (Å²) in [4.78, 5) is 12.9. The molecule has 2 fully saturated rings. The number of epoxide rings is 1. The van der Waals surface area contributed by atoms with Crippen LogP contribution in [-0.4, -0.2) is 49.8 Å². The smallest absolute Gasteiger partial charge is 0.248 e. The van der Waals surface area contributed by atoms with Crippen molar-refractivity contribution in [3.63, 3.8) is 0 Å². The van der Waals surface area contributed by atoms with E-state index in [1.165, 1.54) is 0 Å². The van der Waals surface area contributed by atoms with Crippen LogP contribution < -0.4 is 0 Å². The van der Waals surface area contributed by atoms with Gasteiger partial charge in [0.25, 0.3) is 0 Å². The molecule has 62 valence electrons. The SMILES string of the molecule is O=C1COCCN1CC1CO1. The molecule has 0 aromatic heterocycles. The van der Waals surface area contributed by atoms with E-state index >= 15 is 0 Å². The Morgan fingerprint density at radius 3 is 3.09 bits per heavy atom. The van der Waals surface area contributed by atoms with Gasteiger partial charge in [0.05, 0.1) is 19.3 Å². The normalized spacial score (nSPS) is 30.7. The molecule has 2 rings (SSSR count). The van der Waals surface area contributed by atoms with Crippen LogP contribution in [0.25, 0.3) is 0 Å². The molecule has 0 aromatic carbocycles. The van der Waals surface area contributed by atoms with Gasteiger partial charge in [0.15, 0.2) is 0 Å². The number of carbonyl (C=O) groups excluding carboxylic acids is 1. The van der Waals surface area contributed by atoms with Gasteiger partial charge in [-0.1, -0.05) is 0 Å². The summed E-state index contributed by atoms with van der Waals surface area (Å²) in [7, 11) is 0. The Labute approximate surface area is 65.1 Å². The molecule has 0 radical (unpaired) electrons. The zero-order chi connectivity index (χ0) is 7.68. The average molecular weight is 157 g/mol. The largest absolute Gasteiger partial charge is 0.371 e. The molecular formula is C7H11NO3. The Kier molecular flexibility index (Phi) is 1.79. The number of nitrogens with zero attached hydrogens (tertiary/aromatic N) is 1. The molecule has 2 aliphatic rings. The van der Waals surface area contributed by atoms with Crippen LogP contribution in [0.2, 0.25) is 0 Å². The first kappa shape index (κ1) is 7.06. The van der Waals surface area contributed by atoms with Crippen LogP contribution in [0.15, 0.2) is 0 Å². The van der Waals surface area contributed by atoms with E-state index in [2.05, 4.69) is 0 Å². The maximum absolute atomic E-state index is 11.1. The molecule has 2 saturated heterocycles. The van der Waals surface area contributed by atoms with Gasteiger partial charge < -0.3 is 14.4 Å². The van der Waals surface area contributed by atoms with Crippen molar-refractivity contribution in [2.24, 2.45) is 0 Å². The summed E-state index contributed by atoms with van der Waals surface area (Å²) in [6, 6.07) is 0. The summed E-state index contributed by atoms with van der Waals surface area (Å²) >= 11 is 0. The number of rotatable bonds is 2. The Balaban J connectivity index is 1.83.